The van der Waals surface area contributed by atoms with Crippen LogP contribution in [0.4, 0.5) is 21.5 Å². The van der Waals surface area contributed by atoms with Crippen molar-refractivity contribution in [2.24, 2.45) is 0 Å². The van der Waals surface area contributed by atoms with Gasteiger partial charge in [0.1, 0.15) is 5.82 Å². The van der Waals surface area contributed by atoms with Gasteiger partial charge in [0.15, 0.2) is 0 Å². The van der Waals surface area contributed by atoms with E-state index in [9.17, 15) is 9.18 Å². The van der Waals surface area contributed by atoms with Gasteiger partial charge >= 0.3 is 0 Å². The molecule has 5 nitrogen and oxygen atoms in total. The van der Waals surface area contributed by atoms with Gasteiger partial charge in [0.2, 0.25) is 0 Å². The molecule has 0 atom stereocenters. The Morgan fingerprint density at radius 3 is 2.39 bits per heavy atom. The van der Waals surface area contributed by atoms with Crippen LogP contribution in [0, 0.1) is 5.82 Å². The molecule has 3 rings (SSSR count). The lowest BCUT2D eigenvalue weighted by molar-refractivity contribution is 0.102. The molecule has 0 aliphatic heterocycles. The van der Waals surface area contributed by atoms with Crippen molar-refractivity contribution in [3.05, 3.63) is 83.9 Å². The molecule has 144 valence electrons. The number of nitrogens with zero attached hydrogens (tertiary/aromatic N) is 2. The molecule has 1 amide bonds. The van der Waals surface area contributed by atoms with Crippen LogP contribution in [0.25, 0.3) is 0 Å². The number of halogens is 1. The molecule has 0 aliphatic rings. The fraction of sp³-hybridized carbons (Fsp3) is 0.182. The molecule has 1 aromatic heterocycles. The molecule has 0 saturated heterocycles. The summed E-state index contributed by atoms with van der Waals surface area (Å²) in [4.78, 5) is 18.6. The van der Waals surface area contributed by atoms with Crippen LogP contribution in [0.3, 0.4) is 0 Å². The average molecular weight is 378 g/mol. The summed E-state index contributed by atoms with van der Waals surface area (Å²) < 4.78 is 12.9. The van der Waals surface area contributed by atoms with E-state index in [4.69, 9.17) is 0 Å². The van der Waals surface area contributed by atoms with E-state index in [1.807, 2.05) is 43.3 Å². The van der Waals surface area contributed by atoms with Crippen molar-refractivity contribution in [3.63, 3.8) is 0 Å². The number of hydrogen-bond donors (Lipinski definition) is 2. The summed E-state index contributed by atoms with van der Waals surface area (Å²) in [6, 6.07) is 15.8. The maximum Gasteiger partial charge on any atom is 0.257 e. The van der Waals surface area contributed by atoms with Gasteiger partial charge in [-0.15, -0.1) is 0 Å². The van der Waals surface area contributed by atoms with E-state index >= 15 is 0 Å². The van der Waals surface area contributed by atoms with E-state index in [1.165, 1.54) is 18.3 Å². The fourth-order valence-corrected chi connectivity index (χ4v) is 2.71. The Morgan fingerprint density at radius 2 is 1.71 bits per heavy atom. The molecule has 0 saturated carbocycles. The topological polar surface area (TPSA) is 57.3 Å². The summed E-state index contributed by atoms with van der Waals surface area (Å²) in [5.41, 5.74) is 4.07. The van der Waals surface area contributed by atoms with Gasteiger partial charge in [0, 0.05) is 44.4 Å². The summed E-state index contributed by atoms with van der Waals surface area (Å²) in [6.07, 6.45) is 3.96. The van der Waals surface area contributed by atoms with Crippen LogP contribution in [-0.2, 0) is 6.42 Å². The number of pyridine rings is 1. The first-order chi connectivity index (χ1) is 13.5. The van der Waals surface area contributed by atoms with Crippen molar-refractivity contribution >= 4 is 23.0 Å². The van der Waals surface area contributed by atoms with E-state index in [0.29, 0.717) is 12.1 Å². The number of benzene rings is 2. The Kier molecular flexibility index (Phi) is 6.22. The molecule has 0 bridgehead atoms. The maximum absolute atomic E-state index is 12.9. The third-order valence-electron chi connectivity index (χ3n) is 4.30. The van der Waals surface area contributed by atoms with E-state index in [1.54, 1.807) is 24.4 Å². The van der Waals surface area contributed by atoms with Gasteiger partial charge in [-0.3, -0.25) is 9.78 Å². The van der Waals surface area contributed by atoms with Crippen molar-refractivity contribution in [1.29, 1.82) is 0 Å². The lowest BCUT2D eigenvalue weighted by Crippen LogP contribution is -2.14. The highest BCUT2D eigenvalue weighted by Gasteiger charge is 2.08. The van der Waals surface area contributed by atoms with Crippen molar-refractivity contribution in [1.82, 2.24) is 4.98 Å². The highest BCUT2D eigenvalue weighted by atomic mass is 19.1. The molecular weight excluding hydrogens is 355 g/mol. The summed E-state index contributed by atoms with van der Waals surface area (Å²) >= 11 is 0. The maximum atomic E-state index is 12.9. The first-order valence-corrected chi connectivity index (χ1v) is 9.03. The summed E-state index contributed by atoms with van der Waals surface area (Å²) in [6.45, 7) is 0.657. The fourth-order valence-electron chi connectivity index (χ4n) is 2.71. The molecule has 0 radical (unpaired) electrons. The molecule has 3 aromatic rings. The zero-order valence-corrected chi connectivity index (χ0v) is 15.9. The van der Waals surface area contributed by atoms with Crippen LogP contribution in [0.15, 0.2) is 67.0 Å². The van der Waals surface area contributed by atoms with Crippen molar-refractivity contribution in [3.8, 4) is 0 Å². The third kappa shape index (κ3) is 5.30. The highest BCUT2D eigenvalue weighted by molar-refractivity contribution is 6.04. The quantitative estimate of drug-likeness (QED) is 0.647. The Bertz CT molecular complexity index is 924. The van der Waals surface area contributed by atoms with Crippen LogP contribution in [-0.4, -0.2) is 31.5 Å². The molecule has 0 spiro atoms. The SMILES string of the molecule is CN(C)c1ccc(NC(=O)c2cncc(NCCc3ccc(F)cc3)c2)cc1. The predicted octanol–water partition coefficient (Wildman–Crippen LogP) is 4.19. The second-order valence-electron chi connectivity index (χ2n) is 6.66. The zero-order valence-electron chi connectivity index (χ0n) is 15.9. The summed E-state index contributed by atoms with van der Waals surface area (Å²) in [7, 11) is 3.93. The second kappa shape index (κ2) is 8.99. The molecule has 0 unspecified atom stereocenters. The minimum atomic E-state index is -0.240. The molecule has 0 aliphatic carbocycles. The first kappa shape index (κ1) is 19.4. The minimum Gasteiger partial charge on any atom is -0.383 e. The van der Waals surface area contributed by atoms with Crippen LogP contribution >= 0.6 is 0 Å². The minimum absolute atomic E-state index is 0.215. The van der Waals surface area contributed by atoms with E-state index in [-0.39, 0.29) is 11.7 Å². The Hall–Kier alpha value is -3.41. The standard InChI is InChI=1S/C22H23FN4O/c1-27(2)21-9-7-19(8-10-21)26-22(28)17-13-20(15-24-14-17)25-12-11-16-3-5-18(23)6-4-16/h3-10,13-15,25H,11-12H2,1-2H3,(H,26,28). The van der Waals surface area contributed by atoms with Crippen LogP contribution in [0.2, 0.25) is 0 Å². The molecule has 28 heavy (non-hydrogen) atoms. The Balaban J connectivity index is 1.57. The molecule has 6 heteroatoms. The molecule has 2 N–H and O–H groups in total. The van der Waals surface area contributed by atoms with Crippen molar-refractivity contribution in [2.75, 3.05) is 36.2 Å². The van der Waals surface area contributed by atoms with Gasteiger partial charge in [-0.05, 0) is 54.4 Å². The number of nitrogens with one attached hydrogen (secondary N) is 2. The van der Waals surface area contributed by atoms with Gasteiger partial charge in [0.05, 0.1) is 11.3 Å². The molecular formula is C22H23FN4O. The normalized spacial score (nSPS) is 10.4. The molecule has 0 fully saturated rings. The van der Waals surface area contributed by atoms with Crippen molar-refractivity contribution < 1.29 is 9.18 Å². The largest absolute Gasteiger partial charge is 0.383 e. The Morgan fingerprint density at radius 1 is 1.00 bits per heavy atom. The summed E-state index contributed by atoms with van der Waals surface area (Å²) in [5, 5.41) is 6.12. The predicted molar refractivity (Wildman–Crippen MR) is 112 cm³/mol. The number of anilines is 3. The third-order valence-corrected chi connectivity index (χ3v) is 4.30. The van der Waals surface area contributed by atoms with Crippen molar-refractivity contribution in [2.45, 2.75) is 6.42 Å². The van der Waals surface area contributed by atoms with Gasteiger partial charge in [-0.1, -0.05) is 12.1 Å². The highest BCUT2D eigenvalue weighted by Crippen LogP contribution is 2.17. The number of carbonyl (C=O) groups excluding carboxylic acids is 1. The number of rotatable bonds is 7. The second-order valence-corrected chi connectivity index (χ2v) is 6.66. The van der Waals surface area contributed by atoms with Crippen LogP contribution < -0.4 is 15.5 Å². The smallest absolute Gasteiger partial charge is 0.257 e. The van der Waals surface area contributed by atoms with Crippen LogP contribution in [0.1, 0.15) is 15.9 Å². The Labute approximate surface area is 164 Å². The number of carbonyl (C=O) groups is 1. The van der Waals surface area contributed by atoms with Crippen LogP contribution in [0.5, 0.6) is 0 Å². The molecule has 1 heterocycles. The van der Waals surface area contributed by atoms with E-state index in [2.05, 4.69) is 15.6 Å². The average Bonchev–Trinajstić information content (AvgIpc) is 2.70. The monoisotopic (exact) mass is 378 g/mol. The molecule has 2 aromatic carbocycles. The summed E-state index contributed by atoms with van der Waals surface area (Å²) in [5.74, 6) is -0.455. The van der Waals surface area contributed by atoms with Gasteiger partial charge in [-0.2, -0.15) is 0 Å². The number of hydrogen-bond acceptors (Lipinski definition) is 4. The number of amides is 1. The number of aromatic nitrogens is 1. The lowest BCUT2D eigenvalue weighted by atomic mass is 10.1. The van der Waals surface area contributed by atoms with Gasteiger partial charge in [-0.25, -0.2) is 4.39 Å². The van der Waals surface area contributed by atoms with Gasteiger partial charge in [0.25, 0.3) is 5.91 Å². The van der Waals surface area contributed by atoms with E-state index < -0.39 is 0 Å². The van der Waals surface area contributed by atoms with E-state index in [0.717, 1.165) is 29.0 Å². The lowest BCUT2D eigenvalue weighted by Gasteiger charge is -2.13. The zero-order chi connectivity index (χ0) is 19.9. The van der Waals surface area contributed by atoms with Gasteiger partial charge < -0.3 is 15.5 Å². The first-order valence-electron chi connectivity index (χ1n) is 9.03.